The molecule has 0 amide bonds. The Balaban J connectivity index is -0.000000767. The Hall–Kier alpha value is 0.739. The quantitative estimate of drug-likeness (QED) is 0.0290. The topological polar surface area (TPSA) is 6.48 Å². The third-order valence-corrected chi connectivity index (χ3v) is 9.68. The predicted octanol–water partition coefficient (Wildman–Crippen LogP) is 13.2. The summed E-state index contributed by atoms with van der Waals surface area (Å²) in [5, 5.41) is 0. The molecule has 7 heteroatoms. The van der Waals surface area contributed by atoms with Crippen LogP contribution in [0.1, 0.15) is 207 Å². The molecule has 0 unspecified atom stereocenters. The second-order valence-corrected chi connectivity index (χ2v) is 15.1. The summed E-state index contributed by atoms with van der Waals surface area (Å²) in [7, 11) is 0. The van der Waals surface area contributed by atoms with Crippen molar-refractivity contribution in [2.75, 3.05) is 26.2 Å². The molecule has 0 saturated carbocycles. The first kappa shape index (κ1) is 50.1. The van der Waals surface area contributed by atoms with E-state index in [1.54, 1.807) is 0 Å². The van der Waals surface area contributed by atoms with Gasteiger partial charge in [0.2, 0.25) is 0 Å². The van der Waals surface area contributed by atoms with Crippen molar-refractivity contribution >= 4 is 58.3 Å². The Labute approximate surface area is 316 Å². The van der Waals surface area contributed by atoms with E-state index in [-0.39, 0.29) is 17.1 Å². The third-order valence-electron chi connectivity index (χ3n) is 8.64. The van der Waals surface area contributed by atoms with Gasteiger partial charge in [0.15, 0.2) is 0 Å². The molecule has 0 heterocycles. The summed E-state index contributed by atoms with van der Waals surface area (Å²) < 4.78 is 1.36. The minimum atomic E-state index is 0. The van der Waals surface area contributed by atoms with E-state index in [0.717, 1.165) is 26.2 Å². The van der Waals surface area contributed by atoms with Crippen molar-refractivity contribution in [1.82, 2.24) is 9.80 Å². The molecule has 0 aliphatic rings. The summed E-state index contributed by atoms with van der Waals surface area (Å²) in [6, 6.07) is 0. The molecule has 0 saturated heterocycles. The molecule has 0 aliphatic heterocycles. The van der Waals surface area contributed by atoms with Gasteiger partial charge in [-0.15, -0.1) is 0 Å². The van der Waals surface area contributed by atoms with E-state index in [9.17, 15) is 0 Å². The number of thiocarbonyl (C=S) groups is 2. The molecule has 45 heavy (non-hydrogen) atoms. The second-order valence-electron chi connectivity index (χ2n) is 13.0. The molecule has 0 bridgehead atoms. The largest absolute Gasteiger partial charge is 2.00 e. The summed E-state index contributed by atoms with van der Waals surface area (Å²) >= 11 is 20.9. The number of rotatable bonds is 32. The average Bonchev–Trinajstić information content (AvgIpc) is 3.01. The van der Waals surface area contributed by atoms with Crippen molar-refractivity contribution in [3.05, 3.63) is 0 Å². The summed E-state index contributed by atoms with van der Waals surface area (Å²) in [5.41, 5.74) is 0. The van der Waals surface area contributed by atoms with Crippen molar-refractivity contribution in [1.29, 1.82) is 0 Å². The van der Waals surface area contributed by atoms with Crippen LogP contribution in [-0.2, 0) is 42.3 Å². The van der Waals surface area contributed by atoms with Crippen LogP contribution < -0.4 is 0 Å². The van der Waals surface area contributed by atoms with Crippen LogP contribution >= 0.6 is 24.4 Å². The fourth-order valence-corrected chi connectivity index (χ4v) is 6.36. The van der Waals surface area contributed by atoms with E-state index in [4.69, 9.17) is 49.7 Å². The third kappa shape index (κ3) is 40.8. The van der Waals surface area contributed by atoms with E-state index in [2.05, 4.69) is 37.5 Å². The van der Waals surface area contributed by atoms with E-state index in [1.165, 1.54) is 180 Å². The Morgan fingerprint density at radius 3 is 0.644 bits per heavy atom. The molecule has 0 rings (SSSR count). The fraction of sp³-hybridized carbons (Fsp3) is 0.947. The average molecular weight is 753 g/mol. The van der Waals surface area contributed by atoms with E-state index in [0.29, 0.717) is 8.64 Å². The van der Waals surface area contributed by atoms with Crippen LogP contribution in [0.5, 0.6) is 0 Å². The molecule has 273 valence electrons. The van der Waals surface area contributed by atoms with Gasteiger partial charge in [0.1, 0.15) is 0 Å². The molecule has 0 spiro atoms. The summed E-state index contributed by atoms with van der Waals surface area (Å²) in [6.45, 7) is 13.4. The normalized spacial score (nSPS) is 10.6. The molecule has 0 atom stereocenters. The van der Waals surface area contributed by atoms with E-state index < -0.39 is 0 Å². The first-order valence-corrected chi connectivity index (χ1v) is 21.0. The SMILES string of the molecule is CCCCCCCCCN(CCCCCCCCC)C(=S)[S-].CCCCCCCCCN(CCCCCCCCC)C(=S)[S-].[Cu+2]. The van der Waals surface area contributed by atoms with Crippen LogP contribution in [0.2, 0.25) is 0 Å². The molecule has 0 fully saturated rings. The van der Waals surface area contributed by atoms with Gasteiger partial charge in [0, 0.05) is 26.2 Å². The van der Waals surface area contributed by atoms with Crippen molar-refractivity contribution in [3.8, 4) is 0 Å². The number of unbranched alkanes of at least 4 members (excludes halogenated alkanes) is 24. The second kappa shape index (κ2) is 42.8. The van der Waals surface area contributed by atoms with Gasteiger partial charge in [0.25, 0.3) is 0 Å². The maximum absolute atomic E-state index is 5.23. The van der Waals surface area contributed by atoms with Gasteiger partial charge in [0.05, 0.1) is 0 Å². The van der Waals surface area contributed by atoms with Crippen LogP contribution in [-0.4, -0.2) is 44.6 Å². The Morgan fingerprint density at radius 1 is 0.333 bits per heavy atom. The number of hydrogen-bond acceptors (Lipinski definition) is 4. The number of nitrogens with zero attached hydrogens (tertiary/aromatic N) is 2. The van der Waals surface area contributed by atoms with Crippen molar-refractivity contribution in [2.24, 2.45) is 0 Å². The Morgan fingerprint density at radius 2 is 0.489 bits per heavy atom. The summed E-state index contributed by atoms with van der Waals surface area (Å²) in [5.74, 6) is 0. The predicted molar refractivity (Wildman–Crippen MR) is 215 cm³/mol. The zero-order chi connectivity index (χ0) is 32.9. The minimum absolute atomic E-state index is 0. The minimum Gasteiger partial charge on any atom is -0.411 e. The molecular formula is C38H76CuN2S4. The zero-order valence-electron chi connectivity index (χ0n) is 30.5. The zero-order valence-corrected chi connectivity index (χ0v) is 34.7. The maximum Gasteiger partial charge on any atom is 2.00 e. The van der Waals surface area contributed by atoms with Gasteiger partial charge >= 0.3 is 17.1 Å². The Bertz CT molecular complexity index is 508. The molecule has 0 aliphatic carbocycles. The molecule has 0 aromatic rings. The van der Waals surface area contributed by atoms with Crippen LogP contribution in [0, 0.1) is 0 Å². The van der Waals surface area contributed by atoms with Crippen molar-refractivity contribution in [3.63, 3.8) is 0 Å². The first-order valence-electron chi connectivity index (χ1n) is 19.4. The molecular weight excluding hydrogens is 676 g/mol. The van der Waals surface area contributed by atoms with Gasteiger partial charge in [-0.2, -0.15) is 0 Å². The van der Waals surface area contributed by atoms with Crippen LogP contribution in [0.15, 0.2) is 0 Å². The first-order chi connectivity index (χ1) is 21.4. The number of hydrogen-bond donors (Lipinski definition) is 0. The van der Waals surface area contributed by atoms with Gasteiger partial charge in [-0.25, -0.2) is 0 Å². The van der Waals surface area contributed by atoms with Crippen LogP contribution in [0.3, 0.4) is 0 Å². The van der Waals surface area contributed by atoms with Crippen LogP contribution in [0.4, 0.5) is 0 Å². The van der Waals surface area contributed by atoms with Crippen molar-refractivity contribution in [2.45, 2.75) is 207 Å². The van der Waals surface area contributed by atoms with Gasteiger partial charge < -0.3 is 59.5 Å². The molecule has 2 nitrogen and oxygen atoms in total. The van der Waals surface area contributed by atoms with Gasteiger partial charge in [-0.3, -0.25) is 0 Å². The van der Waals surface area contributed by atoms with Crippen LogP contribution in [0.25, 0.3) is 0 Å². The van der Waals surface area contributed by atoms with E-state index in [1.807, 2.05) is 0 Å². The molecule has 0 aromatic heterocycles. The van der Waals surface area contributed by atoms with Gasteiger partial charge in [-0.05, 0) is 25.7 Å². The summed E-state index contributed by atoms with van der Waals surface area (Å²) in [4.78, 5) is 4.51. The van der Waals surface area contributed by atoms with Crippen molar-refractivity contribution < 1.29 is 17.1 Å². The maximum atomic E-state index is 5.23. The molecule has 0 N–H and O–H groups in total. The van der Waals surface area contributed by atoms with E-state index >= 15 is 0 Å². The Kier molecular flexibility index (Phi) is 47.6. The fourth-order valence-electron chi connectivity index (χ4n) is 5.63. The monoisotopic (exact) mass is 751 g/mol. The standard InChI is InChI=1S/2C19H39NS2.Cu/c2*1-3-5-7-9-11-13-15-17-20(19(21)22)18-16-14-12-10-8-6-4-2;/h2*3-18H2,1-2H3,(H,21,22);/q;;+2/p-2. The molecule has 1 radical (unpaired) electrons. The summed E-state index contributed by atoms with van der Waals surface area (Å²) in [6.07, 6.45) is 37.8. The molecule has 0 aromatic carbocycles. The smallest absolute Gasteiger partial charge is 0.411 e. The van der Waals surface area contributed by atoms with Gasteiger partial charge in [-0.1, -0.05) is 190 Å².